The van der Waals surface area contributed by atoms with Gasteiger partial charge in [-0.05, 0) is 62.3 Å². The van der Waals surface area contributed by atoms with Crippen LogP contribution in [-0.4, -0.2) is 57.6 Å². The average Bonchev–Trinajstić information content (AvgIpc) is 2.77. The lowest BCUT2D eigenvalue weighted by molar-refractivity contribution is 0.0883. The molecule has 0 N–H and O–H groups in total. The molecular weight excluding hydrogens is 436 g/mol. The van der Waals surface area contributed by atoms with Crippen LogP contribution in [0.3, 0.4) is 0 Å². The van der Waals surface area contributed by atoms with Crippen LogP contribution >= 0.6 is 0 Å². The van der Waals surface area contributed by atoms with Gasteiger partial charge < -0.3 is 9.64 Å². The number of likely N-dealkylation sites (N-methyl/N-ethyl adjacent to an activating group) is 1. The molecule has 0 atom stereocenters. The number of pyridine rings is 1. The Labute approximate surface area is 189 Å². The molecule has 0 spiro atoms. The van der Waals surface area contributed by atoms with E-state index in [1.165, 1.54) is 22.6 Å². The molecule has 0 radical (unpaired) electrons. The lowest BCUT2D eigenvalue weighted by Crippen LogP contribution is -2.39. The molecule has 9 heteroatoms. The maximum Gasteiger partial charge on any atom is 0.244 e. The number of rotatable bonds is 9. The van der Waals surface area contributed by atoms with E-state index in [2.05, 4.69) is 4.98 Å². The predicted octanol–water partition coefficient (Wildman–Crippen LogP) is 3.78. The van der Waals surface area contributed by atoms with Gasteiger partial charge in [-0.15, -0.1) is 0 Å². The van der Waals surface area contributed by atoms with Gasteiger partial charge in [0.1, 0.15) is 22.3 Å². The largest absolute Gasteiger partial charge is 0.381 e. The topological polar surface area (TPSA) is 62.7 Å². The maximum atomic E-state index is 13.9. The molecule has 32 heavy (non-hydrogen) atoms. The van der Waals surface area contributed by atoms with Crippen molar-refractivity contribution in [2.75, 3.05) is 44.8 Å². The second kappa shape index (κ2) is 10.7. The number of anilines is 1. The molecule has 0 amide bonds. The minimum absolute atomic E-state index is 0.211. The summed E-state index contributed by atoms with van der Waals surface area (Å²) in [6, 6.07) is 5.28. The lowest BCUT2D eigenvalue weighted by Gasteiger charge is -2.31. The lowest BCUT2D eigenvalue weighted by atomic mass is 9.99. The van der Waals surface area contributed by atoms with Crippen LogP contribution in [0.2, 0.25) is 0 Å². The quantitative estimate of drug-likeness (QED) is 0.562. The second-order valence-electron chi connectivity index (χ2n) is 8.22. The van der Waals surface area contributed by atoms with Crippen LogP contribution in [0.25, 0.3) is 0 Å². The monoisotopic (exact) mass is 467 g/mol. The Hall–Kier alpha value is -2.10. The van der Waals surface area contributed by atoms with E-state index in [0.29, 0.717) is 62.1 Å². The van der Waals surface area contributed by atoms with Crippen LogP contribution in [0.4, 0.5) is 14.6 Å². The highest BCUT2D eigenvalue weighted by Crippen LogP contribution is 2.27. The van der Waals surface area contributed by atoms with E-state index in [1.54, 1.807) is 20.0 Å². The summed E-state index contributed by atoms with van der Waals surface area (Å²) in [5, 5.41) is 0. The number of hydrogen-bond acceptors (Lipinski definition) is 5. The van der Waals surface area contributed by atoms with Crippen molar-refractivity contribution in [1.82, 2.24) is 9.29 Å². The van der Waals surface area contributed by atoms with E-state index in [9.17, 15) is 17.2 Å². The Morgan fingerprint density at radius 1 is 1.22 bits per heavy atom. The summed E-state index contributed by atoms with van der Waals surface area (Å²) in [6.45, 7) is 6.46. The molecule has 0 unspecified atom stereocenters. The van der Waals surface area contributed by atoms with E-state index in [-0.39, 0.29) is 4.90 Å². The summed E-state index contributed by atoms with van der Waals surface area (Å²) in [5.74, 6) is -0.191. The van der Waals surface area contributed by atoms with E-state index < -0.39 is 21.7 Å². The number of aryl methyl sites for hydroxylation is 1. The molecule has 1 saturated heterocycles. The fourth-order valence-corrected chi connectivity index (χ4v) is 5.50. The maximum absolute atomic E-state index is 13.9. The number of hydrogen-bond donors (Lipinski definition) is 0. The Bertz CT molecular complexity index is 1030. The molecular formula is C23H31F2N3O3S. The molecule has 1 aliphatic heterocycles. The number of sulfonamides is 1. The second-order valence-corrected chi connectivity index (χ2v) is 10.1. The first-order chi connectivity index (χ1) is 15.2. The molecule has 1 aromatic carbocycles. The molecule has 2 heterocycles. The van der Waals surface area contributed by atoms with Gasteiger partial charge in [-0.25, -0.2) is 22.2 Å². The Balaban J connectivity index is 1.65. The molecule has 1 aromatic heterocycles. The van der Waals surface area contributed by atoms with E-state index in [1.807, 2.05) is 11.8 Å². The summed E-state index contributed by atoms with van der Waals surface area (Å²) in [7, 11) is -1.81. The molecule has 3 rings (SSSR count). The van der Waals surface area contributed by atoms with Gasteiger partial charge in [0.25, 0.3) is 0 Å². The molecule has 176 valence electrons. The third kappa shape index (κ3) is 5.82. The Morgan fingerprint density at radius 3 is 2.56 bits per heavy atom. The van der Waals surface area contributed by atoms with Gasteiger partial charge in [-0.3, -0.25) is 0 Å². The van der Waals surface area contributed by atoms with Crippen LogP contribution in [-0.2, 0) is 21.2 Å². The molecule has 0 aliphatic carbocycles. The first-order valence-corrected chi connectivity index (χ1v) is 12.4. The van der Waals surface area contributed by atoms with Crippen molar-refractivity contribution < 1.29 is 21.9 Å². The van der Waals surface area contributed by atoms with Gasteiger partial charge in [-0.1, -0.05) is 6.07 Å². The van der Waals surface area contributed by atoms with Crippen molar-refractivity contribution in [3.8, 4) is 0 Å². The minimum Gasteiger partial charge on any atom is -0.381 e. The fourth-order valence-electron chi connectivity index (χ4n) is 3.87. The molecule has 0 bridgehead atoms. The summed E-state index contributed by atoms with van der Waals surface area (Å²) in [5.41, 5.74) is 1.04. The van der Waals surface area contributed by atoms with E-state index >= 15 is 0 Å². The molecule has 1 fully saturated rings. The van der Waals surface area contributed by atoms with Gasteiger partial charge in [0, 0.05) is 52.2 Å². The van der Waals surface area contributed by atoms with Gasteiger partial charge in [0.15, 0.2) is 0 Å². The number of halogens is 2. The summed E-state index contributed by atoms with van der Waals surface area (Å²) in [4.78, 5) is 6.39. The number of ether oxygens (including phenoxy) is 1. The fraction of sp³-hybridized carbons (Fsp3) is 0.522. The number of aromatic nitrogens is 1. The average molecular weight is 468 g/mol. The van der Waals surface area contributed by atoms with E-state index in [0.717, 1.165) is 18.9 Å². The van der Waals surface area contributed by atoms with Gasteiger partial charge in [-0.2, -0.15) is 4.31 Å². The molecule has 2 aromatic rings. The smallest absolute Gasteiger partial charge is 0.244 e. The highest BCUT2D eigenvalue weighted by Gasteiger charge is 2.31. The standard InChI is InChI=1S/C23H31F2N3O3S/c1-4-31-16-18-7-11-28(12-8-18)32(29,30)22-15-26-23(13-17(22)2)27(3)10-9-19-5-6-20(24)14-21(19)25/h5-6,13-15,18H,4,7-12,16H2,1-3H3. The van der Waals surface area contributed by atoms with Crippen molar-refractivity contribution >= 4 is 15.8 Å². The molecule has 0 saturated carbocycles. The van der Waals surface area contributed by atoms with Gasteiger partial charge in [0.05, 0.1) is 0 Å². The predicted molar refractivity (Wildman–Crippen MR) is 120 cm³/mol. The van der Waals surface area contributed by atoms with Crippen LogP contribution in [0, 0.1) is 24.5 Å². The number of piperidine rings is 1. The van der Waals surface area contributed by atoms with Crippen molar-refractivity contribution in [3.05, 3.63) is 53.2 Å². The third-order valence-corrected chi connectivity index (χ3v) is 7.95. The molecule has 6 nitrogen and oxygen atoms in total. The van der Waals surface area contributed by atoms with Gasteiger partial charge in [0.2, 0.25) is 10.0 Å². The first kappa shape index (κ1) is 24.5. The Kier molecular flexibility index (Phi) is 8.19. The normalized spacial score (nSPS) is 15.8. The van der Waals surface area contributed by atoms with Crippen LogP contribution in [0.5, 0.6) is 0 Å². The zero-order valence-electron chi connectivity index (χ0n) is 18.9. The van der Waals surface area contributed by atoms with Crippen molar-refractivity contribution in [2.24, 2.45) is 5.92 Å². The highest BCUT2D eigenvalue weighted by atomic mass is 32.2. The van der Waals surface area contributed by atoms with Crippen molar-refractivity contribution in [3.63, 3.8) is 0 Å². The number of benzene rings is 1. The summed E-state index contributed by atoms with van der Waals surface area (Å²) >= 11 is 0. The molecule has 1 aliphatic rings. The van der Waals surface area contributed by atoms with Crippen LogP contribution < -0.4 is 4.90 Å². The first-order valence-electron chi connectivity index (χ1n) is 10.9. The minimum atomic E-state index is -3.62. The Morgan fingerprint density at radius 2 is 1.94 bits per heavy atom. The van der Waals surface area contributed by atoms with Crippen molar-refractivity contribution in [2.45, 2.75) is 38.0 Å². The van der Waals surface area contributed by atoms with Crippen LogP contribution in [0.1, 0.15) is 30.9 Å². The third-order valence-electron chi connectivity index (χ3n) is 5.92. The zero-order chi connectivity index (χ0) is 23.3. The number of nitrogens with zero attached hydrogens (tertiary/aromatic N) is 3. The summed E-state index contributed by atoms with van der Waals surface area (Å²) in [6.07, 6.45) is 3.35. The van der Waals surface area contributed by atoms with E-state index in [4.69, 9.17) is 4.74 Å². The summed E-state index contributed by atoms with van der Waals surface area (Å²) < 4.78 is 60.2. The SMILES string of the molecule is CCOCC1CCN(S(=O)(=O)c2cnc(N(C)CCc3ccc(F)cc3F)cc2C)CC1. The van der Waals surface area contributed by atoms with Crippen LogP contribution in [0.15, 0.2) is 35.4 Å². The highest BCUT2D eigenvalue weighted by molar-refractivity contribution is 7.89. The zero-order valence-corrected chi connectivity index (χ0v) is 19.7. The van der Waals surface area contributed by atoms with Crippen molar-refractivity contribution in [1.29, 1.82) is 0 Å². The van der Waals surface area contributed by atoms with Gasteiger partial charge >= 0.3 is 0 Å².